The summed E-state index contributed by atoms with van der Waals surface area (Å²) in [4.78, 5) is 49.9. The van der Waals surface area contributed by atoms with Gasteiger partial charge in [0.05, 0.1) is 30.5 Å². The fourth-order valence-corrected chi connectivity index (χ4v) is 4.53. The molecule has 0 aliphatic carbocycles. The lowest BCUT2D eigenvalue weighted by Crippen LogP contribution is -2.48. The highest BCUT2D eigenvalue weighted by Gasteiger charge is 2.35. The van der Waals surface area contributed by atoms with E-state index >= 15 is 0 Å². The SMILES string of the molecule is CCC[C@@H](NC(=O)N1C/C(=N\O)NC[C@H](Cc2cc(Cl)ccc2OC)C1=O)c1ccc(C(=O)O)c([N+](=O)[O-])c1.Cl. The summed E-state index contributed by atoms with van der Waals surface area (Å²) >= 11 is 6.13. The average molecular weight is 598 g/mol. The van der Waals surface area contributed by atoms with Gasteiger partial charge >= 0.3 is 12.0 Å². The molecule has 1 saturated heterocycles. The van der Waals surface area contributed by atoms with Crippen molar-refractivity contribution in [2.75, 3.05) is 20.2 Å². The van der Waals surface area contributed by atoms with Gasteiger partial charge in [0.2, 0.25) is 5.91 Å². The molecule has 0 radical (unpaired) electrons. The number of rotatable bonds is 9. The van der Waals surface area contributed by atoms with E-state index in [1.54, 1.807) is 18.2 Å². The molecule has 0 saturated carbocycles. The Hall–Kier alpha value is -4.10. The molecule has 13 nitrogen and oxygen atoms in total. The summed E-state index contributed by atoms with van der Waals surface area (Å²) in [5.41, 5.74) is -0.152. The van der Waals surface area contributed by atoms with E-state index in [4.69, 9.17) is 16.3 Å². The van der Waals surface area contributed by atoms with Crippen LogP contribution in [0.4, 0.5) is 10.5 Å². The Morgan fingerprint density at radius 3 is 2.65 bits per heavy atom. The largest absolute Gasteiger partial charge is 0.496 e. The van der Waals surface area contributed by atoms with Crippen molar-refractivity contribution in [3.63, 3.8) is 0 Å². The number of carbonyl (C=O) groups is 3. The van der Waals surface area contributed by atoms with Crippen LogP contribution in [0.5, 0.6) is 5.75 Å². The molecule has 3 rings (SSSR count). The van der Waals surface area contributed by atoms with Crippen LogP contribution in [-0.4, -0.2) is 64.1 Å². The minimum Gasteiger partial charge on any atom is -0.496 e. The first-order valence-corrected chi connectivity index (χ1v) is 12.4. The highest BCUT2D eigenvalue weighted by molar-refractivity contribution is 6.30. The van der Waals surface area contributed by atoms with Gasteiger partial charge < -0.3 is 25.7 Å². The van der Waals surface area contributed by atoms with Crippen LogP contribution in [0, 0.1) is 16.0 Å². The molecule has 1 fully saturated rings. The number of amidine groups is 1. The highest BCUT2D eigenvalue weighted by Crippen LogP contribution is 2.28. The van der Waals surface area contributed by atoms with E-state index in [0.717, 1.165) is 17.0 Å². The van der Waals surface area contributed by atoms with E-state index in [1.807, 2.05) is 6.92 Å². The van der Waals surface area contributed by atoms with Gasteiger partial charge in [0.1, 0.15) is 11.3 Å². The normalized spacial score (nSPS) is 16.8. The lowest BCUT2D eigenvalue weighted by atomic mass is 9.97. The molecular weight excluding hydrogens is 569 g/mol. The van der Waals surface area contributed by atoms with Crippen molar-refractivity contribution in [2.45, 2.75) is 32.2 Å². The average Bonchev–Trinajstić information content (AvgIpc) is 3.06. The van der Waals surface area contributed by atoms with Crippen LogP contribution in [0.25, 0.3) is 0 Å². The third-order valence-electron chi connectivity index (χ3n) is 6.28. The van der Waals surface area contributed by atoms with Crippen molar-refractivity contribution < 1.29 is 34.4 Å². The number of nitrogens with one attached hydrogen (secondary N) is 2. The maximum Gasteiger partial charge on any atom is 0.342 e. The van der Waals surface area contributed by atoms with Gasteiger partial charge in [0.15, 0.2) is 5.84 Å². The van der Waals surface area contributed by atoms with E-state index in [9.17, 15) is 34.8 Å². The Bertz CT molecular complexity index is 1310. The predicted octanol–water partition coefficient (Wildman–Crippen LogP) is 4.01. The number of methoxy groups -OCH3 is 1. The predicted molar refractivity (Wildman–Crippen MR) is 148 cm³/mol. The Morgan fingerprint density at radius 1 is 1.32 bits per heavy atom. The molecule has 40 heavy (non-hydrogen) atoms. The zero-order valence-electron chi connectivity index (χ0n) is 21.6. The molecule has 15 heteroatoms. The summed E-state index contributed by atoms with van der Waals surface area (Å²) in [5, 5.41) is 39.3. The molecule has 1 heterocycles. The Labute approximate surface area is 240 Å². The van der Waals surface area contributed by atoms with Crippen molar-refractivity contribution in [3.8, 4) is 5.75 Å². The molecule has 2 aromatic carbocycles. The number of nitro groups is 1. The number of hydrogen-bond acceptors (Lipinski definition) is 8. The van der Waals surface area contributed by atoms with Crippen LogP contribution < -0.4 is 15.4 Å². The number of carbonyl (C=O) groups excluding carboxylic acids is 2. The second kappa shape index (κ2) is 14.3. The van der Waals surface area contributed by atoms with Crippen LogP contribution in [-0.2, 0) is 11.2 Å². The van der Waals surface area contributed by atoms with Crippen molar-refractivity contribution in [3.05, 3.63) is 68.2 Å². The molecule has 1 aliphatic rings. The third-order valence-corrected chi connectivity index (χ3v) is 6.51. The number of amides is 3. The fourth-order valence-electron chi connectivity index (χ4n) is 4.34. The van der Waals surface area contributed by atoms with Gasteiger partial charge in [-0.2, -0.15) is 0 Å². The van der Waals surface area contributed by atoms with Crippen LogP contribution >= 0.6 is 24.0 Å². The number of nitro benzene ring substituents is 1. The van der Waals surface area contributed by atoms with Gasteiger partial charge in [-0.15, -0.1) is 12.4 Å². The number of imide groups is 1. The number of nitrogens with zero attached hydrogens (tertiary/aromatic N) is 3. The zero-order valence-corrected chi connectivity index (χ0v) is 23.2. The van der Waals surface area contributed by atoms with Crippen molar-refractivity contribution in [1.29, 1.82) is 0 Å². The number of hydrogen-bond donors (Lipinski definition) is 4. The molecule has 0 aromatic heterocycles. The van der Waals surface area contributed by atoms with Gasteiger partial charge in [-0.25, -0.2) is 9.59 Å². The number of halogens is 2. The molecule has 0 bridgehead atoms. The van der Waals surface area contributed by atoms with Gasteiger partial charge in [-0.3, -0.25) is 19.8 Å². The van der Waals surface area contributed by atoms with Crippen LogP contribution in [0.2, 0.25) is 5.02 Å². The highest BCUT2D eigenvalue weighted by atomic mass is 35.5. The summed E-state index contributed by atoms with van der Waals surface area (Å²) in [7, 11) is 1.48. The maximum absolute atomic E-state index is 13.5. The minimum atomic E-state index is -1.45. The smallest absolute Gasteiger partial charge is 0.342 e. The van der Waals surface area contributed by atoms with E-state index < -0.39 is 46.0 Å². The fraction of sp³-hybridized carbons (Fsp3) is 0.360. The monoisotopic (exact) mass is 597 g/mol. The van der Waals surface area contributed by atoms with E-state index in [-0.39, 0.29) is 37.8 Å². The Kier molecular flexibility index (Phi) is 11.5. The van der Waals surface area contributed by atoms with Crippen LogP contribution in [0.15, 0.2) is 41.6 Å². The number of urea groups is 1. The number of carboxylic acid groups (broad SMARTS) is 1. The molecule has 4 N–H and O–H groups in total. The van der Waals surface area contributed by atoms with Gasteiger partial charge in [0.25, 0.3) is 5.69 Å². The lowest BCUT2D eigenvalue weighted by molar-refractivity contribution is -0.385. The summed E-state index contributed by atoms with van der Waals surface area (Å²) in [6.07, 6.45) is 1.08. The molecule has 3 amide bonds. The van der Waals surface area contributed by atoms with E-state index in [1.165, 1.54) is 13.2 Å². The molecule has 2 atom stereocenters. The number of benzene rings is 2. The first-order valence-electron chi connectivity index (χ1n) is 12.0. The van der Waals surface area contributed by atoms with Crippen LogP contribution in [0.3, 0.4) is 0 Å². The molecular formula is C25H29Cl2N5O8. The summed E-state index contributed by atoms with van der Waals surface area (Å²) in [5.74, 6) is -2.26. The number of oxime groups is 1. The van der Waals surface area contributed by atoms with Crippen molar-refractivity contribution in [1.82, 2.24) is 15.5 Å². The second-order valence-corrected chi connectivity index (χ2v) is 9.28. The first-order chi connectivity index (χ1) is 18.6. The van der Waals surface area contributed by atoms with Gasteiger partial charge in [0, 0.05) is 17.6 Å². The summed E-state index contributed by atoms with van der Waals surface area (Å²) in [6, 6.07) is 7.00. The second-order valence-electron chi connectivity index (χ2n) is 8.84. The molecule has 0 unspecified atom stereocenters. The Balaban J connectivity index is 0.00000560. The maximum atomic E-state index is 13.5. The standard InChI is InChI=1S/C25H28ClN5O8.ClH/c1-3-4-19(14-5-7-18(24(33)34)20(11-14)31(37)38)28-25(35)30-13-22(29-36)27-12-16(23(30)32)9-15-10-17(26)6-8-21(15)39-2;/h5-8,10-11,16,19,36H,3-4,9,12-13H2,1-2H3,(H,27,29)(H,28,35)(H,33,34);1H/t16-,19+;/m0./s1. The Morgan fingerprint density at radius 2 is 2.05 bits per heavy atom. The van der Waals surface area contributed by atoms with Crippen molar-refractivity contribution in [2.24, 2.45) is 11.1 Å². The van der Waals surface area contributed by atoms with E-state index in [2.05, 4.69) is 15.8 Å². The number of ether oxygens (including phenoxy) is 1. The first kappa shape index (κ1) is 32.1. The molecule has 0 spiro atoms. The summed E-state index contributed by atoms with van der Waals surface area (Å²) < 4.78 is 5.37. The topological polar surface area (TPSA) is 184 Å². The third kappa shape index (κ3) is 7.51. The quantitative estimate of drug-likeness (QED) is 0.188. The molecule has 2 aromatic rings. The lowest BCUT2D eigenvalue weighted by Gasteiger charge is -2.26. The zero-order chi connectivity index (χ0) is 28.7. The molecule has 216 valence electrons. The van der Waals surface area contributed by atoms with E-state index in [0.29, 0.717) is 34.7 Å². The summed E-state index contributed by atoms with van der Waals surface area (Å²) in [6.45, 7) is 1.56. The molecule has 1 aliphatic heterocycles. The number of aromatic carboxylic acids is 1. The van der Waals surface area contributed by atoms with Gasteiger partial charge in [-0.1, -0.05) is 36.2 Å². The van der Waals surface area contributed by atoms with Crippen LogP contribution in [0.1, 0.15) is 47.3 Å². The van der Waals surface area contributed by atoms with Crippen molar-refractivity contribution >= 4 is 53.4 Å². The number of carboxylic acids is 1. The van der Waals surface area contributed by atoms with Gasteiger partial charge in [-0.05, 0) is 48.2 Å². The minimum absolute atomic E-state index is 0.